The van der Waals surface area contributed by atoms with E-state index in [9.17, 15) is 13.2 Å². The fourth-order valence-corrected chi connectivity index (χ4v) is 3.15. The molecule has 0 aliphatic carbocycles. The van der Waals surface area contributed by atoms with E-state index in [-0.39, 0.29) is 5.56 Å². The van der Waals surface area contributed by atoms with Crippen LogP contribution in [-0.2, 0) is 0 Å². The van der Waals surface area contributed by atoms with Gasteiger partial charge < -0.3 is 5.73 Å². The molecular weight excluding hydrogens is 421 g/mol. The summed E-state index contributed by atoms with van der Waals surface area (Å²) in [5, 5.41) is 0. The molecule has 0 bridgehead atoms. The van der Waals surface area contributed by atoms with Gasteiger partial charge in [0.05, 0.1) is 0 Å². The molecule has 78 valence electrons. The van der Waals surface area contributed by atoms with Crippen molar-refractivity contribution in [3.8, 4) is 0 Å². The van der Waals surface area contributed by atoms with Crippen molar-refractivity contribution in [3.63, 3.8) is 0 Å². The second kappa shape index (κ2) is 4.52. The van der Waals surface area contributed by atoms with Crippen LogP contribution >= 0.6 is 45.2 Å². The van der Waals surface area contributed by atoms with E-state index in [1.54, 1.807) is 18.2 Å². The quantitative estimate of drug-likeness (QED) is 0.684. The molecule has 6 heteroatoms. The van der Waals surface area contributed by atoms with E-state index >= 15 is 0 Å². The Kier molecular flexibility index (Phi) is 4.03. The van der Waals surface area contributed by atoms with E-state index in [0.29, 0.717) is 7.14 Å². The van der Waals surface area contributed by atoms with Gasteiger partial charge in [-0.3, -0.25) is 0 Å². The predicted molar refractivity (Wildman–Crippen MR) is 64.9 cm³/mol. The molecule has 0 aromatic heterocycles. The highest BCUT2D eigenvalue weighted by molar-refractivity contribution is 14.1. The molecule has 0 saturated heterocycles. The van der Waals surface area contributed by atoms with E-state index in [0.717, 1.165) is 0 Å². The van der Waals surface area contributed by atoms with Gasteiger partial charge in [-0.05, 0) is 57.3 Å². The van der Waals surface area contributed by atoms with Gasteiger partial charge in [0.1, 0.15) is 6.04 Å². The Balaban J connectivity index is 3.19. The molecule has 0 unspecified atom stereocenters. The summed E-state index contributed by atoms with van der Waals surface area (Å²) in [7, 11) is 0. The molecular formula is C8H6F3I2N. The van der Waals surface area contributed by atoms with Gasteiger partial charge >= 0.3 is 6.18 Å². The maximum atomic E-state index is 12.4. The van der Waals surface area contributed by atoms with Crippen molar-refractivity contribution in [3.05, 3.63) is 30.9 Å². The molecule has 1 atom stereocenters. The molecule has 14 heavy (non-hydrogen) atoms. The smallest absolute Gasteiger partial charge is 0.316 e. The van der Waals surface area contributed by atoms with Gasteiger partial charge in [0.2, 0.25) is 0 Å². The van der Waals surface area contributed by atoms with Gasteiger partial charge in [-0.25, -0.2) is 0 Å². The van der Waals surface area contributed by atoms with Gasteiger partial charge in [0, 0.05) is 12.7 Å². The van der Waals surface area contributed by atoms with E-state index in [2.05, 4.69) is 0 Å². The minimum atomic E-state index is -4.39. The highest BCUT2D eigenvalue weighted by Crippen LogP contribution is 2.35. The largest absolute Gasteiger partial charge is 0.407 e. The number of hydrogen-bond acceptors (Lipinski definition) is 1. The first-order valence-corrected chi connectivity index (χ1v) is 5.76. The minimum absolute atomic E-state index is 0.154. The molecule has 0 fully saturated rings. The van der Waals surface area contributed by atoms with E-state index in [1.807, 2.05) is 45.2 Å². The number of nitrogens with two attached hydrogens (primary N) is 1. The summed E-state index contributed by atoms with van der Waals surface area (Å²) in [6, 6.07) is 3.03. The van der Waals surface area contributed by atoms with E-state index in [1.165, 1.54) is 0 Å². The Morgan fingerprint density at radius 3 is 1.93 bits per heavy atom. The standard InChI is InChI=1S/C8H6F3I2N/c9-8(10,11)7(14)6-4(12)2-1-3-5(6)13/h1-3,7H,14H2/t7-/m1/s1. The molecule has 0 saturated carbocycles. The molecule has 1 nitrogen and oxygen atoms in total. The van der Waals surface area contributed by atoms with Crippen LogP contribution in [0.3, 0.4) is 0 Å². The second-order valence-corrected chi connectivity index (χ2v) is 4.98. The maximum Gasteiger partial charge on any atom is 0.407 e. The van der Waals surface area contributed by atoms with Crippen molar-refractivity contribution in [1.29, 1.82) is 0 Å². The van der Waals surface area contributed by atoms with Gasteiger partial charge in [-0.2, -0.15) is 13.2 Å². The first-order valence-electron chi connectivity index (χ1n) is 3.60. The zero-order chi connectivity index (χ0) is 10.9. The van der Waals surface area contributed by atoms with E-state index in [4.69, 9.17) is 5.73 Å². The van der Waals surface area contributed by atoms with Crippen molar-refractivity contribution in [2.24, 2.45) is 5.73 Å². The Hall–Kier alpha value is 0.430. The Labute approximate surface area is 107 Å². The fraction of sp³-hybridized carbons (Fsp3) is 0.250. The lowest BCUT2D eigenvalue weighted by molar-refractivity contribution is -0.149. The third-order valence-corrected chi connectivity index (χ3v) is 3.54. The summed E-state index contributed by atoms with van der Waals surface area (Å²) in [6.07, 6.45) is -4.39. The van der Waals surface area contributed by atoms with Gasteiger partial charge in [-0.1, -0.05) is 6.07 Å². The molecule has 1 aromatic rings. The second-order valence-electron chi connectivity index (χ2n) is 2.65. The predicted octanol–water partition coefficient (Wildman–Crippen LogP) is 3.46. The van der Waals surface area contributed by atoms with Crippen LogP contribution in [0.15, 0.2) is 18.2 Å². The number of halogens is 5. The summed E-state index contributed by atoms with van der Waals surface area (Å²) in [4.78, 5) is 0. The monoisotopic (exact) mass is 427 g/mol. The summed E-state index contributed by atoms with van der Waals surface area (Å²) in [5.74, 6) is 0. The average Bonchev–Trinajstić information content (AvgIpc) is 2.01. The van der Waals surface area contributed by atoms with Gasteiger partial charge in [-0.15, -0.1) is 0 Å². The lowest BCUT2D eigenvalue weighted by Gasteiger charge is -2.18. The van der Waals surface area contributed by atoms with Crippen LogP contribution in [-0.4, -0.2) is 6.18 Å². The van der Waals surface area contributed by atoms with Crippen molar-refractivity contribution in [1.82, 2.24) is 0 Å². The molecule has 0 aliphatic rings. The first kappa shape index (κ1) is 12.5. The van der Waals surface area contributed by atoms with Gasteiger partial charge in [0.25, 0.3) is 0 Å². The molecule has 0 spiro atoms. The summed E-state index contributed by atoms with van der Waals surface area (Å²) in [5.41, 5.74) is 5.29. The normalized spacial score (nSPS) is 14.1. The highest BCUT2D eigenvalue weighted by atomic mass is 127. The van der Waals surface area contributed by atoms with Crippen LogP contribution in [0.4, 0.5) is 13.2 Å². The first-order chi connectivity index (χ1) is 6.34. The lowest BCUT2D eigenvalue weighted by atomic mass is 10.1. The molecule has 1 rings (SSSR count). The maximum absolute atomic E-state index is 12.4. The highest BCUT2D eigenvalue weighted by Gasteiger charge is 2.39. The van der Waals surface area contributed by atoms with Gasteiger partial charge in [0.15, 0.2) is 0 Å². The van der Waals surface area contributed by atoms with E-state index < -0.39 is 12.2 Å². The van der Waals surface area contributed by atoms with Crippen molar-refractivity contribution in [2.45, 2.75) is 12.2 Å². The molecule has 0 heterocycles. The van der Waals surface area contributed by atoms with Crippen LogP contribution in [0, 0.1) is 7.14 Å². The molecule has 0 aliphatic heterocycles. The summed E-state index contributed by atoms with van der Waals surface area (Å²) >= 11 is 3.71. The Bertz CT molecular complexity index is 318. The summed E-state index contributed by atoms with van der Waals surface area (Å²) in [6.45, 7) is 0. The molecule has 0 radical (unpaired) electrons. The molecule has 2 N–H and O–H groups in total. The number of rotatable bonds is 1. The lowest BCUT2D eigenvalue weighted by Crippen LogP contribution is -2.29. The minimum Gasteiger partial charge on any atom is -0.316 e. The van der Waals surface area contributed by atoms with Crippen LogP contribution in [0.25, 0.3) is 0 Å². The van der Waals surface area contributed by atoms with Crippen molar-refractivity contribution < 1.29 is 13.2 Å². The number of alkyl halides is 3. The van der Waals surface area contributed by atoms with Crippen LogP contribution in [0.1, 0.15) is 11.6 Å². The molecule has 1 aromatic carbocycles. The third kappa shape index (κ3) is 2.72. The summed E-state index contributed by atoms with van der Waals surface area (Å²) < 4.78 is 38.2. The SMILES string of the molecule is N[C@H](c1c(I)cccc1I)C(F)(F)F. The average molecular weight is 427 g/mol. The zero-order valence-electron chi connectivity index (χ0n) is 6.78. The Morgan fingerprint density at radius 1 is 1.14 bits per heavy atom. The number of benzene rings is 1. The van der Waals surface area contributed by atoms with Crippen LogP contribution < -0.4 is 5.73 Å². The Morgan fingerprint density at radius 2 is 1.57 bits per heavy atom. The topological polar surface area (TPSA) is 26.0 Å². The van der Waals surface area contributed by atoms with Crippen LogP contribution in [0.2, 0.25) is 0 Å². The molecule has 0 amide bonds. The fourth-order valence-electron chi connectivity index (χ4n) is 0.971. The zero-order valence-corrected chi connectivity index (χ0v) is 11.1. The third-order valence-electron chi connectivity index (χ3n) is 1.66. The van der Waals surface area contributed by atoms with Crippen LogP contribution in [0.5, 0.6) is 0 Å². The van der Waals surface area contributed by atoms with Crippen molar-refractivity contribution >= 4 is 45.2 Å². The number of hydrogen-bond donors (Lipinski definition) is 1. The van der Waals surface area contributed by atoms with Crippen molar-refractivity contribution in [2.75, 3.05) is 0 Å².